The minimum atomic E-state index is -0.630. The average molecular weight is 430 g/mol. The number of carbonyl (C=O) groups is 1. The van der Waals surface area contributed by atoms with E-state index in [0.717, 1.165) is 26.9 Å². The molecule has 2 atom stereocenters. The number of aryl methyl sites for hydroxylation is 1. The summed E-state index contributed by atoms with van der Waals surface area (Å²) in [5, 5.41) is 3.07. The molecule has 2 aromatic carbocycles. The number of rotatable bonds is 6. The van der Waals surface area contributed by atoms with Crippen LogP contribution in [0, 0.1) is 12.8 Å². The normalized spacial score (nSPS) is 13.6. The second-order valence-electron chi connectivity index (χ2n) is 7.06. The summed E-state index contributed by atoms with van der Waals surface area (Å²) in [7, 11) is 0. The number of hydrogen-bond acceptors (Lipinski definition) is 3. The summed E-state index contributed by atoms with van der Waals surface area (Å²) < 4.78 is 6.68. The number of H-pyrrole nitrogens is 1. The quantitative estimate of drug-likeness (QED) is 0.584. The summed E-state index contributed by atoms with van der Waals surface area (Å²) in [5.74, 6) is 1.39. The number of amides is 1. The van der Waals surface area contributed by atoms with Gasteiger partial charge in [0, 0.05) is 0 Å². The van der Waals surface area contributed by atoms with Gasteiger partial charge in [0.2, 0.25) is 0 Å². The molecule has 3 rings (SSSR count). The van der Waals surface area contributed by atoms with Crippen LogP contribution < -0.4 is 10.1 Å². The molecule has 5 nitrogen and oxygen atoms in total. The van der Waals surface area contributed by atoms with Crippen molar-refractivity contribution in [1.29, 1.82) is 0 Å². The smallest absolute Gasteiger partial charge is 0.261 e. The molecule has 2 N–H and O–H groups in total. The van der Waals surface area contributed by atoms with E-state index < -0.39 is 6.10 Å². The molecule has 1 unspecified atom stereocenters. The first-order valence-corrected chi connectivity index (χ1v) is 9.82. The Balaban J connectivity index is 1.74. The number of hydrogen-bond donors (Lipinski definition) is 2. The van der Waals surface area contributed by atoms with Crippen molar-refractivity contribution in [3.05, 3.63) is 58.3 Å². The van der Waals surface area contributed by atoms with Gasteiger partial charge in [0.05, 0.1) is 21.5 Å². The Kier molecular flexibility index (Phi) is 5.85. The lowest BCUT2D eigenvalue weighted by Gasteiger charge is -2.23. The third kappa shape index (κ3) is 4.50. The highest BCUT2D eigenvalue weighted by atomic mass is 79.9. The first kappa shape index (κ1) is 19.4. The van der Waals surface area contributed by atoms with E-state index in [0.29, 0.717) is 5.75 Å². The third-order valence-corrected chi connectivity index (χ3v) is 5.05. The number of nitrogens with one attached hydrogen (secondary N) is 2. The largest absolute Gasteiger partial charge is 0.480 e. The van der Waals surface area contributed by atoms with Crippen molar-refractivity contribution in [3.8, 4) is 5.75 Å². The van der Waals surface area contributed by atoms with Crippen LogP contribution in [0.1, 0.15) is 38.2 Å². The van der Waals surface area contributed by atoms with Crippen LogP contribution in [-0.2, 0) is 4.79 Å². The molecule has 0 saturated carbocycles. The van der Waals surface area contributed by atoms with Crippen LogP contribution >= 0.6 is 15.9 Å². The van der Waals surface area contributed by atoms with Crippen molar-refractivity contribution in [2.24, 2.45) is 5.92 Å². The first-order valence-electron chi connectivity index (χ1n) is 9.03. The van der Waals surface area contributed by atoms with Gasteiger partial charge in [-0.15, -0.1) is 0 Å². The number of aromatic nitrogens is 2. The molecule has 0 fully saturated rings. The SMILES string of the molecule is Cc1ccc(OC(C)C(=O)N[C@H](c2nc3ccccc3[nH]2)C(C)C)c(Br)c1. The highest BCUT2D eigenvalue weighted by Crippen LogP contribution is 2.27. The number of halogens is 1. The summed E-state index contributed by atoms with van der Waals surface area (Å²) in [5.41, 5.74) is 2.97. The number of benzene rings is 2. The summed E-state index contributed by atoms with van der Waals surface area (Å²) in [4.78, 5) is 20.7. The molecule has 0 aliphatic carbocycles. The zero-order valence-corrected chi connectivity index (χ0v) is 17.5. The topological polar surface area (TPSA) is 67.0 Å². The fourth-order valence-corrected chi connectivity index (χ4v) is 3.47. The van der Waals surface area contributed by atoms with Gasteiger partial charge < -0.3 is 15.0 Å². The van der Waals surface area contributed by atoms with E-state index in [1.165, 1.54) is 0 Å². The van der Waals surface area contributed by atoms with E-state index >= 15 is 0 Å². The van der Waals surface area contributed by atoms with Crippen LogP contribution in [0.4, 0.5) is 0 Å². The zero-order valence-electron chi connectivity index (χ0n) is 15.9. The molecule has 1 heterocycles. The van der Waals surface area contributed by atoms with Crippen molar-refractivity contribution >= 4 is 32.9 Å². The monoisotopic (exact) mass is 429 g/mol. The fourth-order valence-electron chi connectivity index (χ4n) is 2.89. The van der Waals surface area contributed by atoms with E-state index in [-0.39, 0.29) is 17.9 Å². The number of para-hydroxylation sites is 2. The van der Waals surface area contributed by atoms with Crippen LogP contribution in [-0.4, -0.2) is 22.0 Å². The highest BCUT2D eigenvalue weighted by molar-refractivity contribution is 9.10. The molecule has 0 spiro atoms. The Labute approximate surface area is 167 Å². The van der Waals surface area contributed by atoms with Gasteiger partial charge in [0.25, 0.3) is 5.91 Å². The lowest BCUT2D eigenvalue weighted by molar-refractivity contribution is -0.128. The molecule has 3 aromatic rings. The third-order valence-electron chi connectivity index (χ3n) is 4.43. The number of carbonyl (C=O) groups excluding carboxylic acids is 1. The van der Waals surface area contributed by atoms with Crippen molar-refractivity contribution in [1.82, 2.24) is 15.3 Å². The van der Waals surface area contributed by atoms with Gasteiger partial charge in [-0.2, -0.15) is 0 Å². The molecule has 142 valence electrons. The van der Waals surface area contributed by atoms with Gasteiger partial charge >= 0.3 is 0 Å². The van der Waals surface area contributed by atoms with Gasteiger partial charge in [0.1, 0.15) is 11.6 Å². The van der Waals surface area contributed by atoms with E-state index in [1.54, 1.807) is 6.92 Å². The van der Waals surface area contributed by atoms with Gasteiger partial charge in [-0.05, 0) is 65.5 Å². The molecule has 0 aliphatic heterocycles. The lowest BCUT2D eigenvalue weighted by atomic mass is 10.0. The van der Waals surface area contributed by atoms with Crippen molar-refractivity contribution in [2.45, 2.75) is 39.8 Å². The molecule has 27 heavy (non-hydrogen) atoms. The minimum absolute atomic E-state index is 0.174. The van der Waals surface area contributed by atoms with Crippen LogP contribution in [0.15, 0.2) is 46.9 Å². The van der Waals surface area contributed by atoms with Crippen LogP contribution in [0.5, 0.6) is 5.75 Å². The van der Waals surface area contributed by atoms with E-state index in [1.807, 2.05) is 49.4 Å². The Morgan fingerprint density at radius 1 is 1.19 bits per heavy atom. The average Bonchev–Trinajstić information content (AvgIpc) is 3.05. The van der Waals surface area contributed by atoms with E-state index in [4.69, 9.17) is 4.74 Å². The highest BCUT2D eigenvalue weighted by Gasteiger charge is 2.25. The van der Waals surface area contributed by atoms with Gasteiger partial charge in [-0.3, -0.25) is 4.79 Å². The molecule has 0 aliphatic rings. The van der Waals surface area contributed by atoms with Crippen LogP contribution in [0.25, 0.3) is 11.0 Å². The second-order valence-corrected chi connectivity index (χ2v) is 7.92. The molecule has 0 saturated heterocycles. The number of fused-ring (bicyclic) bond motifs is 1. The molecule has 1 aromatic heterocycles. The Bertz CT molecular complexity index is 919. The molecular weight excluding hydrogens is 406 g/mol. The van der Waals surface area contributed by atoms with Gasteiger partial charge in [0.15, 0.2) is 6.10 Å². The summed E-state index contributed by atoms with van der Waals surface area (Å²) in [6.45, 7) is 7.86. The predicted octanol–water partition coefficient (Wildman–Crippen LogP) is 4.91. The summed E-state index contributed by atoms with van der Waals surface area (Å²) in [6, 6.07) is 13.4. The predicted molar refractivity (Wildman–Crippen MR) is 111 cm³/mol. The van der Waals surface area contributed by atoms with Crippen molar-refractivity contribution < 1.29 is 9.53 Å². The van der Waals surface area contributed by atoms with Crippen LogP contribution in [0.3, 0.4) is 0 Å². The number of imidazole rings is 1. The molecule has 1 amide bonds. The Morgan fingerprint density at radius 2 is 1.93 bits per heavy atom. The maximum Gasteiger partial charge on any atom is 0.261 e. The van der Waals surface area contributed by atoms with E-state index in [9.17, 15) is 4.79 Å². The summed E-state index contributed by atoms with van der Waals surface area (Å²) in [6.07, 6.45) is -0.630. The number of ether oxygens (including phenoxy) is 1. The Morgan fingerprint density at radius 3 is 2.59 bits per heavy atom. The molecule has 0 bridgehead atoms. The van der Waals surface area contributed by atoms with E-state index in [2.05, 4.69) is 45.1 Å². The standard InChI is InChI=1S/C21H24BrN3O2/c1-12(2)19(20-23-16-7-5-6-8-17(16)24-20)25-21(26)14(4)27-18-10-9-13(3)11-15(18)22/h5-12,14,19H,1-4H3,(H,23,24)(H,25,26)/t14?,19-/m0/s1. The first-order chi connectivity index (χ1) is 12.8. The minimum Gasteiger partial charge on any atom is -0.480 e. The molecular formula is C21H24BrN3O2. The zero-order chi connectivity index (χ0) is 19.6. The summed E-state index contributed by atoms with van der Waals surface area (Å²) >= 11 is 3.48. The molecule has 6 heteroatoms. The van der Waals surface area contributed by atoms with Gasteiger partial charge in [-0.1, -0.05) is 32.0 Å². The number of aromatic amines is 1. The lowest BCUT2D eigenvalue weighted by Crippen LogP contribution is -2.40. The Hall–Kier alpha value is -2.34. The maximum absolute atomic E-state index is 12.7. The fraction of sp³-hybridized carbons (Fsp3) is 0.333. The number of nitrogens with zero attached hydrogens (tertiary/aromatic N) is 1. The maximum atomic E-state index is 12.7. The van der Waals surface area contributed by atoms with Crippen molar-refractivity contribution in [2.75, 3.05) is 0 Å². The molecule has 0 radical (unpaired) electrons. The second kappa shape index (κ2) is 8.13. The van der Waals surface area contributed by atoms with Crippen molar-refractivity contribution in [3.63, 3.8) is 0 Å². The van der Waals surface area contributed by atoms with Gasteiger partial charge in [-0.25, -0.2) is 4.98 Å². The van der Waals surface area contributed by atoms with Crippen LogP contribution in [0.2, 0.25) is 0 Å².